The molecule has 2 amide bonds. The van der Waals surface area contributed by atoms with Crippen molar-refractivity contribution in [3.8, 4) is 16.9 Å². The fourth-order valence-electron chi connectivity index (χ4n) is 2.69. The lowest BCUT2D eigenvalue weighted by Crippen LogP contribution is -2.48. The minimum Gasteiger partial charge on any atom is -0.496 e. The van der Waals surface area contributed by atoms with Crippen LogP contribution in [0.3, 0.4) is 0 Å². The number of hydrazine groups is 1. The molecule has 0 radical (unpaired) electrons. The number of thiocarbonyl (C=S) groups is 1. The molecule has 6 nitrogen and oxygen atoms in total. The Kier molecular flexibility index (Phi) is 7.16. The van der Waals surface area contributed by atoms with Gasteiger partial charge in [0.2, 0.25) is 0 Å². The SMILES string of the molecule is COc1ccc(Br)cc1C(=O)NC(=S)NNC(=O)c1ccc(-c2ccccc2)cc1. The van der Waals surface area contributed by atoms with Crippen molar-refractivity contribution in [2.24, 2.45) is 0 Å². The molecule has 0 saturated carbocycles. The number of benzene rings is 3. The molecule has 152 valence electrons. The fourth-order valence-corrected chi connectivity index (χ4v) is 3.19. The van der Waals surface area contributed by atoms with E-state index in [2.05, 4.69) is 32.1 Å². The molecular weight excluding hydrogens is 466 g/mol. The highest BCUT2D eigenvalue weighted by molar-refractivity contribution is 9.10. The standard InChI is InChI=1S/C22H18BrN3O3S/c1-29-19-12-11-17(23)13-18(19)21(28)24-22(30)26-25-20(27)16-9-7-15(8-10-16)14-5-3-2-4-6-14/h2-13H,1H3,(H,25,27)(H2,24,26,28,30). The van der Waals surface area contributed by atoms with E-state index in [-0.39, 0.29) is 11.0 Å². The zero-order valence-corrected chi connectivity index (χ0v) is 18.3. The van der Waals surface area contributed by atoms with Crippen LogP contribution < -0.4 is 20.9 Å². The van der Waals surface area contributed by atoms with Crippen molar-refractivity contribution in [3.05, 3.63) is 88.4 Å². The Morgan fingerprint density at radius 2 is 1.53 bits per heavy atom. The molecule has 0 saturated heterocycles. The Morgan fingerprint density at radius 3 is 2.20 bits per heavy atom. The summed E-state index contributed by atoms with van der Waals surface area (Å²) < 4.78 is 5.91. The average Bonchev–Trinajstić information content (AvgIpc) is 2.78. The van der Waals surface area contributed by atoms with Crippen LogP contribution in [0.4, 0.5) is 0 Å². The van der Waals surface area contributed by atoms with E-state index in [1.54, 1.807) is 30.3 Å². The van der Waals surface area contributed by atoms with E-state index >= 15 is 0 Å². The Labute approximate surface area is 187 Å². The number of halogens is 1. The van der Waals surface area contributed by atoms with Crippen molar-refractivity contribution >= 4 is 45.1 Å². The van der Waals surface area contributed by atoms with E-state index in [1.807, 2.05) is 42.5 Å². The van der Waals surface area contributed by atoms with Gasteiger partial charge in [-0.15, -0.1) is 0 Å². The minimum atomic E-state index is -0.466. The third kappa shape index (κ3) is 5.43. The highest BCUT2D eigenvalue weighted by Crippen LogP contribution is 2.23. The molecule has 0 bridgehead atoms. The second-order valence-electron chi connectivity index (χ2n) is 6.15. The monoisotopic (exact) mass is 483 g/mol. The minimum absolute atomic E-state index is 0.0451. The molecule has 0 atom stereocenters. The van der Waals surface area contributed by atoms with E-state index in [1.165, 1.54) is 7.11 Å². The van der Waals surface area contributed by atoms with Crippen LogP contribution in [0.5, 0.6) is 5.75 Å². The zero-order chi connectivity index (χ0) is 21.5. The Balaban J connectivity index is 1.56. The molecule has 0 aromatic heterocycles. The molecule has 0 heterocycles. The van der Waals surface area contributed by atoms with Crippen LogP contribution >= 0.6 is 28.1 Å². The molecule has 0 aliphatic carbocycles. The molecule has 3 aromatic carbocycles. The second-order valence-corrected chi connectivity index (χ2v) is 7.47. The van der Waals surface area contributed by atoms with Gasteiger partial charge in [0, 0.05) is 10.0 Å². The van der Waals surface area contributed by atoms with Crippen LogP contribution in [0.15, 0.2) is 77.3 Å². The Hall–Kier alpha value is -3.23. The lowest BCUT2D eigenvalue weighted by molar-refractivity contribution is 0.0934. The van der Waals surface area contributed by atoms with E-state index in [4.69, 9.17) is 17.0 Å². The molecular formula is C22H18BrN3O3S. The average molecular weight is 484 g/mol. The summed E-state index contributed by atoms with van der Waals surface area (Å²) in [7, 11) is 1.47. The molecule has 3 rings (SSSR count). The number of ether oxygens (including phenoxy) is 1. The van der Waals surface area contributed by atoms with Crippen molar-refractivity contribution < 1.29 is 14.3 Å². The van der Waals surface area contributed by atoms with Crippen molar-refractivity contribution in [1.29, 1.82) is 0 Å². The largest absolute Gasteiger partial charge is 0.496 e. The first-order valence-corrected chi connectivity index (χ1v) is 10.1. The van der Waals surface area contributed by atoms with Gasteiger partial charge >= 0.3 is 0 Å². The molecule has 0 unspecified atom stereocenters. The fraction of sp³-hybridized carbons (Fsp3) is 0.0455. The van der Waals surface area contributed by atoms with Crippen molar-refractivity contribution in [3.63, 3.8) is 0 Å². The molecule has 0 aliphatic heterocycles. The van der Waals surface area contributed by atoms with Gasteiger partial charge in [-0.05, 0) is 53.7 Å². The summed E-state index contributed by atoms with van der Waals surface area (Å²) in [6, 6.07) is 22.1. The quantitative estimate of drug-likeness (QED) is 0.385. The van der Waals surface area contributed by atoms with Crippen molar-refractivity contribution in [1.82, 2.24) is 16.2 Å². The van der Waals surface area contributed by atoms with E-state index in [0.29, 0.717) is 16.9 Å². The van der Waals surface area contributed by atoms with Crippen LogP contribution in [0.25, 0.3) is 11.1 Å². The molecule has 3 aromatic rings. The summed E-state index contributed by atoms with van der Waals surface area (Å²) in [5.74, 6) is -0.445. The number of carbonyl (C=O) groups excluding carboxylic acids is 2. The number of hydrogen-bond donors (Lipinski definition) is 3. The van der Waals surface area contributed by atoms with Crippen LogP contribution in [0.1, 0.15) is 20.7 Å². The summed E-state index contributed by atoms with van der Waals surface area (Å²) in [5, 5.41) is 2.46. The van der Waals surface area contributed by atoms with Crippen LogP contribution in [-0.4, -0.2) is 24.0 Å². The number of carbonyl (C=O) groups is 2. The summed E-state index contributed by atoms with van der Waals surface area (Å²) in [4.78, 5) is 24.7. The van der Waals surface area contributed by atoms with E-state index in [0.717, 1.165) is 15.6 Å². The van der Waals surface area contributed by atoms with Gasteiger partial charge in [0.25, 0.3) is 11.8 Å². The molecule has 0 spiro atoms. The van der Waals surface area contributed by atoms with Gasteiger partial charge in [0.05, 0.1) is 12.7 Å². The van der Waals surface area contributed by atoms with Crippen molar-refractivity contribution in [2.45, 2.75) is 0 Å². The van der Waals surface area contributed by atoms with Crippen LogP contribution in [0, 0.1) is 0 Å². The first-order chi connectivity index (χ1) is 14.5. The lowest BCUT2D eigenvalue weighted by Gasteiger charge is -2.13. The number of amides is 2. The van der Waals surface area contributed by atoms with E-state index in [9.17, 15) is 9.59 Å². The van der Waals surface area contributed by atoms with Gasteiger partial charge in [-0.2, -0.15) is 0 Å². The smallest absolute Gasteiger partial charge is 0.269 e. The molecule has 30 heavy (non-hydrogen) atoms. The number of rotatable bonds is 4. The van der Waals surface area contributed by atoms with Gasteiger partial charge < -0.3 is 4.74 Å². The number of methoxy groups -OCH3 is 1. The lowest BCUT2D eigenvalue weighted by atomic mass is 10.0. The van der Waals surface area contributed by atoms with Gasteiger partial charge in [0.1, 0.15) is 5.75 Å². The number of hydrogen-bond acceptors (Lipinski definition) is 4. The third-order valence-electron chi connectivity index (χ3n) is 4.18. The van der Waals surface area contributed by atoms with Gasteiger partial charge in [-0.3, -0.25) is 25.8 Å². The molecule has 0 aliphatic rings. The highest BCUT2D eigenvalue weighted by atomic mass is 79.9. The molecule has 8 heteroatoms. The maximum Gasteiger partial charge on any atom is 0.269 e. The molecule has 0 fully saturated rings. The maximum atomic E-state index is 12.4. The normalized spacial score (nSPS) is 10.1. The van der Waals surface area contributed by atoms with Gasteiger partial charge in [-0.1, -0.05) is 58.4 Å². The molecule has 3 N–H and O–H groups in total. The first-order valence-electron chi connectivity index (χ1n) is 8.88. The van der Waals surface area contributed by atoms with Crippen LogP contribution in [-0.2, 0) is 0 Å². The number of nitrogens with one attached hydrogen (secondary N) is 3. The summed E-state index contributed by atoms with van der Waals surface area (Å²) in [5.41, 5.74) is 7.82. The second kappa shape index (κ2) is 10.00. The summed E-state index contributed by atoms with van der Waals surface area (Å²) in [6.07, 6.45) is 0. The Morgan fingerprint density at radius 1 is 0.867 bits per heavy atom. The van der Waals surface area contributed by atoms with Crippen LogP contribution in [0.2, 0.25) is 0 Å². The van der Waals surface area contributed by atoms with E-state index < -0.39 is 5.91 Å². The first kappa shape index (κ1) is 21.5. The predicted molar refractivity (Wildman–Crippen MR) is 123 cm³/mol. The zero-order valence-electron chi connectivity index (χ0n) is 15.9. The Bertz CT molecular complexity index is 1070. The third-order valence-corrected chi connectivity index (χ3v) is 4.87. The van der Waals surface area contributed by atoms with Crippen molar-refractivity contribution in [2.75, 3.05) is 7.11 Å². The summed E-state index contributed by atoms with van der Waals surface area (Å²) in [6.45, 7) is 0. The summed E-state index contributed by atoms with van der Waals surface area (Å²) >= 11 is 8.40. The van der Waals surface area contributed by atoms with Gasteiger partial charge in [0.15, 0.2) is 5.11 Å². The highest BCUT2D eigenvalue weighted by Gasteiger charge is 2.14. The topological polar surface area (TPSA) is 79.5 Å². The predicted octanol–water partition coefficient (Wildman–Crippen LogP) is 4.07. The maximum absolute atomic E-state index is 12.4. The van der Waals surface area contributed by atoms with Gasteiger partial charge in [-0.25, -0.2) is 0 Å².